The topological polar surface area (TPSA) is 80.0 Å². The molecular weight excluding hydrogens is 386 g/mol. The van der Waals surface area contributed by atoms with E-state index in [-0.39, 0.29) is 11.4 Å². The van der Waals surface area contributed by atoms with Gasteiger partial charge in [-0.05, 0) is 56.6 Å². The molecule has 2 aliphatic rings. The first-order valence-electron chi connectivity index (χ1n) is 10.8. The van der Waals surface area contributed by atoms with Gasteiger partial charge >= 0.3 is 0 Å². The maximum Gasteiger partial charge on any atom is 0.265 e. The smallest absolute Gasteiger partial charge is 0.265 e. The molecule has 1 amide bonds. The Hall–Kier alpha value is -1.87. The highest BCUT2D eigenvalue weighted by molar-refractivity contribution is 7.13. The summed E-state index contributed by atoms with van der Waals surface area (Å²) in [5, 5.41) is 13.9. The lowest BCUT2D eigenvalue weighted by molar-refractivity contribution is 0.0664. The predicted octanol–water partition coefficient (Wildman–Crippen LogP) is 2.94. The van der Waals surface area contributed by atoms with Crippen molar-refractivity contribution < 1.29 is 4.79 Å². The molecule has 0 N–H and O–H groups in total. The van der Waals surface area contributed by atoms with E-state index in [4.69, 9.17) is 0 Å². The predicted molar refractivity (Wildman–Crippen MR) is 112 cm³/mol. The Kier molecular flexibility index (Phi) is 5.70. The molecule has 0 radical (unpaired) electrons. The molecule has 4 rings (SSSR count). The van der Waals surface area contributed by atoms with Gasteiger partial charge in [-0.3, -0.25) is 9.69 Å². The molecule has 9 heteroatoms. The van der Waals surface area contributed by atoms with Gasteiger partial charge in [-0.15, -0.1) is 16.4 Å². The molecule has 29 heavy (non-hydrogen) atoms. The highest BCUT2D eigenvalue weighted by Gasteiger charge is 2.49. The average Bonchev–Trinajstić information content (AvgIpc) is 3.48. The van der Waals surface area contributed by atoms with Gasteiger partial charge in [0.1, 0.15) is 10.4 Å². The lowest BCUT2D eigenvalue weighted by Gasteiger charge is -2.39. The van der Waals surface area contributed by atoms with Crippen molar-refractivity contribution >= 4 is 17.2 Å². The van der Waals surface area contributed by atoms with Crippen molar-refractivity contribution in [3.05, 3.63) is 21.4 Å². The van der Waals surface area contributed by atoms with Gasteiger partial charge in [0.05, 0.1) is 16.7 Å². The summed E-state index contributed by atoms with van der Waals surface area (Å²) >= 11 is 1.49. The van der Waals surface area contributed by atoms with Crippen LogP contribution in [0.2, 0.25) is 0 Å². The van der Waals surface area contributed by atoms with Gasteiger partial charge in [0.25, 0.3) is 5.91 Å². The molecule has 0 spiro atoms. The highest BCUT2D eigenvalue weighted by Crippen LogP contribution is 2.40. The minimum absolute atomic E-state index is 0.0852. The second-order valence-corrected chi connectivity index (χ2v) is 9.42. The first kappa shape index (κ1) is 20.4. The fourth-order valence-corrected chi connectivity index (χ4v) is 6.03. The summed E-state index contributed by atoms with van der Waals surface area (Å²) in [6.45, 7) is 11.4. The number of aromatic nitrogens is 5. The number of nitrogens with zero attached hydrogens (tertiary/aromatic N) is 7. The zero-order chi connectivity index (χ0) is 20.6. The Morgan fingerprint density at radius 1 is 1.24 bits per heavy atom. The molecule has 2 fully saturated rings. The third kappa shape index (κ3) is 3.48. The van der Waals surface area contributed by atoms with E-state index >= 15 is 0 Å². The second kappa shape index (κ2) is 8.10. The maximum absolute atomic E-state index is 13.3. The number of hydrogen-bond acceptors (Lipinski definition) is 7. The Morgan fingerprint density at radius 3 is 2.59 bits per heavy atom. The molecular formula is C20H31N7OS. The van der Waals surface area contributed by atoms with Crippen molar-refractivity contribution in [3.63, 3.8) is 0 Å². The fourth-order valence-electron chi connectivity index (χ4n) is 5.15. The van der Waals surface area contributed by atoms with Crippen molar-refractivity contribution in [2.45, 2.75) is 71.4 Å². The summed E-state index contributed by atoms with van der Waals surface area (Å²) in [4.78, 5) is 22.9. The van der Waals surface area contributed by atoms with E-state index < -0.39 is 0 Å². The van der Waals surface area contributed by atoms with Gasteiger partial charge in [-0.2, -0.15) is 0 Å². The van der Waals surface area contributed by atoms with Gasteiger partial charge in [-0.25, -0.2) is 9.67 Å². The molecule has 1 unspecified atom stereocenters. The van der Waals surface area contributed by atoms with Crippen LogP contribution in [-0.4, -0.2) is 67.1 Å². The molecule has 1 aliphatic carbocycles. The average molecular weight is 418 g/mol. The molecule has 1 atom stereocenters. The molecule has 158 valence electrons. The van der Waals surface area contributed by atoms with E-state index in [1.165, 1.54) is 24.2 Å². The van der Waals surface area contributed by atoms with Crippen molar-refractivity contribution in [1.29, 1.82) is 0 Å². The molecule has 3 heterocycles. The van der Waals surface area contributed by atoms with Gasteiger partial charge in [0, 0.05) is 13.1 Å². The van der Waals surface area contributed by atoms with Crippen molar-refractivity contribution in [2.24, 2.45) is 0 Å². The monoisotopic (exact) mass is 417 g/mol. The van der Waals surface area contributed by atoms with Crippen molar-refractivity contribution in [1.82, 2.24) is 35.0 Å². The Balaban J connectivity index is 1.68. The number of rotatable bonds is 6. The number of tetrazole rings is 1. The third-order valence-electron chi connectivity index (χ3n) is 6.58. The zero-order valence-electron chi connectivity index (χ0n) is 17.9. The lowest BCUT2D eigenvalue weighted by Crippen LogP contribution is -2.50. The number of thiazole rings is 1. The Bertz CT molecular complexity index is 868. The minimum atomic E-state index is -0.334. The number of hydrogen-bond donors (Lipinski definition) is 0. The largest absolute Gasteiger partial charge is 0.335 e. The number of carbonyl (C=O) groups excluding carboxylic acids is 1. The van der Waals surface area contributed by atoms with Crippen molar-refractivity contribution in [3.8, 4) is 0 Å². The molecule has 2 aromatic heterocycles. The summed E-state index contributed by atoms with van der Waals surface area (Å²) in [5.41, 5.74) is 0.493. The number of aryl methyl sites for hydroxylation is 2. The van der Waals surface area contributed by atoms with Crippen LogP contribution in [0.5, 0.6) is 0 Å². The maximum atomic E-state index is 13.3. The quantitative estimate of drug-likeness (QED) is 0.719. The standard InChI is InChI=1S/C20H31N7OS/c1-5-26(6-2)20(19-22-23-24-27(19)16-9-7-8-10-16)11-12-25(13-20)18(28)17-14(3)21-15(4)29-17/h16H,5-13H2,1-4H3. The molecule has 1 saturated carbocycles. The van der Waals surface area contributed by atoms with E-state index in [1.54, 1.807) is 0 Å². The molecule has 2 aromatic rings. The van der Waals surface area contributed by atoms with Crippen LogP contribution >= 0.6 is 11.3 Å². The van der Waals surface area contributed by atoms with E-state index in [0.29, 0.717) is 19.1 Å². The number of likely N-dealkylation sites (tertiary alicyclic amines) is 1. The molecule has 8 nitrogen and oxygen atoms in total. The number of carbonyl (C=O) groups is 1. The molecule has 0 bridgehead atoms. The minimum Gasteiger partial charge on any atom is -0.335 e. The summed E-state index contributed by atoms with van der Waals surface area (Å²) in [6, 6.07) is 0.378. The summed E-state index contributed by atoms with van der Waals surface area (Å²) in [6.07, 6.45) is 5.58. The van der Waals surface area contributed by atoms with Crippen LogP contribution < -0.4 is 0 Å². The van der Waals surface area contributed by atoms with E-state index in [1.807, 2.05) is 18.7 Å². The van der Waals surface area contributed by atoms with Crippen LogP contribution in [0.3, 0.4) is 0 Å². The molecule has 1 aliphatic heterocycles. The fraction of sp³-hybridized carbons (Fsp3) is 0.750. The SMILES string of the molecule is CCN(CC)C1(c2nnnn2C2CCCC2)CCN(C(=O)c2sc(C)nc2C)C1. The zero-order valence-corrected chi connectivity index (χ0v) is 18.7. The Labute approximate surface area is 176 Å². The molecule has 0 aromatic carbocycles. The second-order valence-electron chi connectivity index (χ2n) is 8.21. The van der Waals surface area contributed by atoms with Gasteiger partial charge in [0.15, 0.2) is 5.82 Å². The Morgan fingerprint density at radius 2 is 1.97 bits per heavy atom. The van der Waals surface area contributed by atoms with E-state index in [9.17, 15) is 4.79 Å². The van der Waals surface area contributed by atoms with Crippen LogP contribution in [0, 0.1) is 13.8 Å². The summed E-state index contributed by atoms with van der Waals surface area (Å²) < 4.78 is 2.07. The molecule has 1 saturated heterocycles. The summed E-state index contributed by atoms with van der Waals surface area (Å²) in [5.74, 6) is 1.02. The van der Waals surface area contributed by atoms with E-state index in [2.05, 4.69) is 43.9 Å². The van der Waals surface area contributed by atoms with E-state index in [0.717, 1.165) is 53.8 Å². The van der Waals surface area contributed by atoms with Gasteiger partial charge in [-0.1, -0.05) is 26.7 Å². The lowest BCUT2D eigenvalue weighted by atomic mass is 9.94. The normalized spacial score (nSPS) is 22.9. The van der Waals surface area contributed by atoms with Crippen LogP contribution in [0.25, 0.3) is 0 Å². The van der Waals surface area contributed by atoms with Gasteiger partial charge in [0.2, 0.25) is 0 Å². The van der Waals surface area contributed by atoms with Crippen LogP contribution in [0.15, 0.2) is 0 Å². The number of likely N-dealkylation sites (N-methyl/N-ethyl adjacent to an activating group) is 1. The van der Waals surface area contributed by atoms with Crippen LogP contribution in [0.4, 0.5) is 0 Å². The first-order valence-corrected chi connectivity index (χ1v) is 11.6. The third-order valence-corrected chi connectivity index (χ3v) is 7.64. The first-order chi connectivity index (χ1) is 14.0. The van der Waals surface area contributed by atoms with Crippen LogP contribution in [0.1, 0.15) is 78.2 Å². The van der Waals surface area contributed by atoms with Gasteiger partial charge < -0.3 is 4.90 Å². The van der Waals surface area contributed by atoms with Crippen molar-refractivity contribution in [2.75, 3.05) is 26.2 Å². The summed E-state index contributed by atoms with van der Waals surface area (Å²) in [7, 11) is 0. The number of amides is 1. The van der Waals surface area contributed by atoms with Crippen LogP contribution in [-0.2, 0) is 5.54 Å². The highest BCUT2D eigenvalue weighted by atomic mass is 32.1.